The van der Waals surface area contributed by atoms with E-state index in [4.69, 9.17) is 27.9 Å². The van der Waals surface area contributed by atoms with Gasteiger partial charge in [0.1, 0.15) is 5.75 Å². The van der Waals surface area contributed by atoms with E-state index in [1.807, 2.05) is 11.4 Å². The molecule has 2 rings (SSSR count). The van der Waals surface area contributed by atoms with Crippen molar-refractivity contribution >= 4 is 40.4 Å². The van der Waals surface area contributed by atoms with Gasteiger partial charge in [-0.25, -0.2) is 0 Å². The van der Waals surface area contributed by atoms with Gasteiger partial charge < -0.3 is 10.1 Å². The van der Waals surface area contributed by atoms with Crippen LogP contribution in [-0.2, 0) is 11.2 Å². The molecule has 0 spiro atoms. The first-order valence-electron chi connectivity index (χ1n) is 6.01. The Hall–Kier alpha value is -1.23. The standard InChI is InChI=1S/C14H13Cl2NO2S/c15-12-2-1-11(7-13(12)16)19-8-14(18)17-5-3-10-4-6-20-9-10/h1-2,4,6-7,9H,3,5,8H2,(H,17,18). The molecule has 0 aliphatic carbocycles. The average molecular weight is 330 g/mol. The molecule has 0 atom stereocenters. The summed E-state index contributed by atoms with van der Waals surface area (Å²) in [6, 6.07) is 6.94. The fourth-order valence-corrected chi connectivity index (χ4v) is 2.54. The van der Waals surface area contributed by atoms with E-state index in [2.05, 4.69) is 10.7 Å². The van der Waals surface area contributed by atoms with Gasteiger partial charge in [0.15, 0.2) is 6.61 Å². The minimum Gasteiger partial charge on any atom is -0.484 e. The molecule has 6 heteroatoms. The Balaban J connectivity index is 1.70. The van der Waals surface area contributed by atoms with Gasteiger partial charge in [0.05, 0.1) is 10.0 Å². The van der Waals surface area contributed by atoms with Crippen molar-refractivity contribution in [1.29, 1.82) is 0 Å². The maximum Gasteiger partial charge on any atom is 0.257 e. The topological polar surface area (TPSA) is 38.3 Å². The third-order valence-electron chi connectivity index (χ3n) is 2.58. The lowest BCUT2D eigenvalue weighted by Gasteiger charge is -2.08. The summed E-state index contributed by atoms with van der Waals surface area (Å²) >= 11 is 13.3. The number of ether oxygens (including phenoxy) is 1. The Morgan fingerprint density at radius 3 is 2.80 bits per heavy atom. The molecule has 0 aliphatic heterocycles. The van der Waals surface area contributed by atoms with E-state index in [1.165, 1.54) is 5.56 Å². The van der Waals surface area contributed by atoms with E-state index in [9.17, 15) is 4.79 Å². The lowest BCUT2D eigenvalue weighted by atomic mass is 10.2. The molecule has 0 fully saturated rings. The van der Waals surface area contributed by atoms with Crippen LogP contribution in [0.1, 0.15) is 5.56 Å². The molecular weight excluding hydrogens is 317 g/mol. The Kier molecular flexibility index (Phi) is 5.71. The summed E-state index contributed by atoms with van der Waals surface area (Å²) in [5, 5.41) is 7.75. The summed E-state index contributed by atoms with van der Waals surface area (Å²) in [6.45, 7) is 0.557. The van der Waals surface area contributed by atoms with Crippen LogP contribution in [0, 0.1) is 0 Å². The Bertz CT molecular complexity index is 573. The zero-order chi connectivity index (χ0) is 14.4. The van der Waals surface area contributed by atoms with Crippen LogP contribution in [-0.4, -0.2) is 19.1 Å². The summed E-state index contributed by atoms with van der Waals surface area (Å²) < 4.78 is 5.34. The number of hydrogen-bond donors (Lipinski definition) is 1. The molecular formula is C14H13Cl2NO2S. The third kappa shape index (κ3) is 4.71. The highest BCUT2D eigenvalue weighted by molar-refractivity contribution is 7.07. The first kappa shape index (κ1) is 15.2. The molecule has 1 aromatic carbocycles. The third-order valence-corrected chi connectivity index (χ3v) is 4.05. The summed E-state index contributed by atoms with van der Waals surface area (Å²) in [5.41, 5.74) is 1.22. The number of nitrogens with one attached hydrogen (secondary N) is 1. The van der Waals surface area contributed by atoms with Crippen LogP contribution in [0.5, 0.6) is 5.75 Å². The van der Waals surface area contributed by atoms with Crippen LogP contribution in [0.2, 0.25) is 10.0 Å². The molecule has 0 unspecified atom stereocenters. The largest absolute Gasteiger partial charge is 0.484 e. The zero-order valence-corrected chi connectivity index (χ0v) is 12.9. The van der Waals surface area contributed by atoms with Gasteiger partial charge in [-0.15, -0.1) is 0 Å². The minimum absolute atomic E-state index is 0.0401. The molecule has 0 bridgehead atoms. The average Bonchev–Trinajstić information content (AvgIpc) is 2.93. The van der Waals surface area contributed by atoms with Crippen LogP contribution in [0.3, 0.4) is 0 Å². The predicted molar refractivity (Wildman–Crippen MR) is 83.0 cm³/mol. The Morgan fingerprint density at radius 1 is 1.25 bits per heavy atom. The first-order chi connectivity index (χ1) is 9.65. The highest BCUT2D eigenvalue weighted by Gasteiger charge is 2.04. The number of carbonyl (C=O) groups excluding carboxylic acids is 1. The lowest BCUT2D eigenvalue weighted by Crippen LogP contribution is -2.30. The Labute approximate surface area is 131 Å². The van der Waals surface area contributed by atoms with Gasteiger partial charge >= 0.3 is 0 Å². The molecule has 0 saturated carbocycles. The van der Waals surface area contributed by atoms with E-state index in [1.54, 1.807) is 29.5 Å². The van der Waals surface area contributed by atoms with Crippen LogP contribution in [0.4, 0.5) is 0 Å². The van der Waals surface area contributed by atoms with Gasteiger partial charge in [-0.3, -0.25) is 4.79 Å². The molecule has 1 aromatic heterocycles. The van der Waals surface area contributed by atoms with Gasteiger partial charge in [-0.1, -0.05) is 23.2 Å². The number of amides is 1. The molecule has 0 saturated heterocycles. The maximum absolute atomic E-state index is 11.6. The molecule has 106 valence electrons. The summed E-state index contributed by atoms with van der Waals surface area (Å²) in [5.74, 6) is 0.360. The highest BCUT2D eigenvalue weighted by atomic mass is 35.5. The van der Waals surface area contributed by atoms with Crippen LogP contribution in [0.15, 0.2) is 35.0 Å². The van der Waals surface area contributed by atoms with Crippen LogP contribution in [0.25, 0.3) is 0 Å². The molecule has 1 amide bonds. The van der Waals surface area contributed by atoms with Gasteiger partial charge in [0.2, 0.25) is 0 Å². The zero-order valence-electron chi connectivity index (χ0n) is 10.6. The second-order valence-corrected chi connectivity index (χ2v) is 5.69. The van der Waals surface area contributed by atoms with Crippen molar-refractivity contribution in [3.8, 4) is 5.75 Å². The smallest absolute Gasteiger partial charge is 0.257 e. The maximum atomic E-state index is 11.6. The van der Waals surface area contributed by atoms with E-state index >= 15 is 0 Å². The second kappa shape index (κ2) is 7.53. The number of halogens is 2. The van der Waals surface area contributed by atoms with Crippen LogP contribution < -0.4 is 10.1 Å². The van der Waals surface area contributed by atoms with E-state index < -0.39 is 0 Å². The van der Waals surface area contributed by atoms with Crippen molar-refractivity contribution in [2.75, 3.05) is 13.2 Å². The van der Waals surface area contributed by atoms with Gasteiger partial charge in [0.25, 0.3) is 5.91 Å². The molecule has 1 heterocycles. The van der Waals surface area contributed by atoms with Gasteiger partial charge in [0, 0.05) is 12.6 Å². The van der Waals surface area contributed by atoms with Crippen molar-refractivity contribution in [2.24, 2.45) is 0 Å². The summed E-state index contributed by atoms with van der Waals surface area (Å²) in [6.07, 6.45) is 0.821. The predicted octanol–water partition coefficient (Wildman–Crippen LogP) is 3.79. The van der Waals surface area contributed by atoms with Crippen molar-refractivity contribution in [2.45, 2.75) is 6.42 Å². The molecule has 20 heavy (non-hydrogen) atoms. The van der Waals surface area contributed by atoms with Crippen LogP contribution >= 0.6 is 34.5 Å². The van der Waals surface area contributed by atoms with Crippen molar-refractivity contribution in [3.63, 3.8) is 0 Å². The fraction of sp³-hybridized carbons (Fsp3) is 0.214. The van der Waals surface area contributed by atoms with E-state index in [-0.39, 0.29) is 12.5 Å². The van der Waals surface area contributed by atoms with Crippen molar-refractivity contribution < 1.29 is 9.53 Å². The molecule has 3 nitrogen and oxygen atoms in total. The van der Waals surface area contributed by atoms with E-state index in [0.29, 0.717) is 22.3 Å². The summed E-state index contributed by atoms with van der Waals surface area (Å²) in [7, 11) is 0. The first-order valence-corrected chi connectivity index (χ1v) is 7.70. The number of rotatable bonds is 6. The monoisotopic (exact) mass is 329 g/mol. The molecule has 2 aromatic rings. The molecule has 1 N–H and O–H groups in total. The fourth-order valence-electron chi connectivity index (χ4n) is 1.55. The SMILES string of the molecule is O=C(COc1ccc(Cl)c(Cl)c1)NCCc1ccsc1. The number of thiophene rings is 1. The second-order valence-electron chi connectivity index (χ2n) is 4.10. The minimum atomic E-state index is -0.161. The molecule has 0 aliphatic rings. The number of carbonyl (C=O) groups is 1. The Morgan fingerprint density at radius 2 is 2.10 bits per heavy atom. The van der Waals surface area contributed by atoms with Crippen molar-refractivity contribution in [1.82, 2.24) is 5.32 Å². The highest BCUT2D eigenvalue weighted by Crippen LogP contribution is 2.26. The van der Waals surface area contributed by atoms with Gasteiger partial charge in [-0.05, 0) is 40.9 Å². The van der Waals surface area contributed by atoms with Gasteiger partial charge in [-0.2, -0.15) is 11.3 Å². The normalized spacial score (nSPS) is 10.3. The number of benzene rings is 1. The molecule has 0 radical (unpaired) electrons. The quantitative estimate of drug-likeness (QED) is 0.875. The lowest BCUT2D eigenvalue weighted by molar-refractivity contribution is -0.123. The van der Waals surface area contributed by atoms with Crippen molar-refractivity contribution in [3.05, 3.63) is 50.6 Å². The summed E-state index contributed by atoms with van der Waals surface area (Å²) in [4.78, 5) is 11.6. The van der Waals surface area contributed by atoms with E-state index in [0.717, 1.165) is 6.42 Å². The number of hydrogen-bond acceptors (Lipinski definition) is 3.